The Hall–Kier alpha value is -0.350. The summed E-state index contributed by atoms with van der Waals surface area (Å²) in [5.41, 5.74) is 0.674. The molecule has 1 atom stereocenters. The van der Waals surface area contributed by atoms with Gasteiger partial charge in [-0.25, -0.2) is 4.79 Å². The minimum atomic E-state index is -0.299. The zero-order valence-corrected chi connectivity index (χ0v) is 8.61. The number of thioether (sulfide) groups is 1. The van der Waals surface area contributed by atoms with Crippen molar-refractivity contribution in [1.82, 2.24) is 4.90 Å². The predicted molar refractivity (Wildman–Crippen MR) is 52.5 cm³/mol. The molecule has 13 heavy (non-hydrogen) atoms. The zero-order chi connectivity index (χ0) is 9.26. The minimum Gasteiger partial charge on any atom is -0.445 e. The third-order valence-corrected chi connectivity index (χ3v) is 3.41. The zero-order valence-electron chi connectivity index (χ0n) is 7.03. The van der Waals surface area contributed by atoms with Crippen LogP contribution < -0.4 is 0 Å². The number of rotatable bonds is 2. The van der Waals surface area contributed by atoms with Crippen LogP contribution >= 0.6 is 23.4 Å². The summed E-state index contributed by atoms with van der Waals surface area (Å²) in [5.74, 6) is 0.782. The fraction of sp³-hybridized carbons (Fsp3) is 0.625. The van der Waals surface area contributed by atoms with Crippen molar-refractivity contribution in [3.63, 3.8) is 0 Å². The highest BCUT2D eigenvalue weighted by Crippen LogP contribution is 2.32. The minimum absolute atomic E-state index is 0.0701. The Morgan fingerprint density at radius 2 is 2.69 bits per heavy atom. The van der Waals surface area contributed by atoms with Gasteiger partial charge in [0.25, 0.3) is 0 Å². The number of carbonyl (C=O) groups is 1. The van der Waals surface area contributed by atoms with Crippen molar-refractivity contribution in [2.75, 3.05) is 18.4 Å². The highest BCUT2D eigenvalue weighted by Gasteiger charge is 2.35. The maximum absolute atomic E-state index is 11.4. The molecule has 0 saturated carbocycles. The van der Waals surface area contributed by atoms with E-state index < -0.39 is 0 Å². The maximum Gasteiger partial charge on any atom is 0.356 e. The van der Waals surface area contributed by atoms with E-state index in [1.807, 2.05) is 5.41 Å². The summed E-state index contributed by atoms with van der Waals surface area (Å²) in [6.45, 7) is 0.967. The Bertz CT molecular complexity index is 257. The van der Waals surface area contributed by atoms with E-state index in [4.69, 9.17) is 16.3 Å². The van der Waals surface area contributed by atoms with Gasteiger partial charge >= 0.3 is 5.97 Å². The molecule has 1 unspecified atom stereocenters. The first-order chi connectivity index (χ1) is 6.33. The second kappa shape index (κ2) is 3.80. The Labute approximate surface area is 86.1 Å². The van der Waals surface area contributed by atoms with Crippen LogP contribution in [0.4, 0.5) is 0 Å². The Kier molecular flexibility index (Phi) is 2.69. The smallest absolute Gasteiger partial charge is 0.356 e. The number of nitrogens with zero attached hydrogens (tertiary/aromatic N) is 1. The summed E-state index contributed by atoms with van der Waals surface area (Å²) in [6, 6.07) is 0.465. The molecular weight excluding hydrogens is 210 g/mol. The molecular formula is C8H10ClNO2S. The van der Waals surface area contributed by atoms with Crippen molar-refractivity contribution >= 4 is 29.3 Å². The lowest BCUT2D eigenvalue weighted by Crippen LogP contribution is -2.51. The second-order valence-electron chi connectivity index (χ2n) is 3.01. The third-order valence-electron chi connectivity index (χ3n) is 2.33. The fourth-order valence-corrected chi connectivity index (χ4v) is 2.68. The van der Waals surface area contributed by atoms with Gasteiger partial charge in [0.15, 0.2) is 6.07 Å². The first-order valence-electron chi connectivity index (χ1n) is 4.14. The summed E-state index contributed by atoms with van der Waals surface area (Å²) >= 11 is 6.99. The summed E-state index contributed by atoms with van der Waals surface area (Å²) in [7, 11) is 0. The molecule has 0 N–H and O–H groups in total. The van der Waals surface area contributed by atoms with Crippen LogP contribution in [0.2, 0.25) is 0 Å². The van der Waals surface area contributed by atoms with Crippen LogP contribution in [0.5, 0.6) is 0 Å². The van der Waals surface area contributed by atoms with E-state index >= 15 is 0 Å². The van der Waals surface area contributed by atoms with E-state index in [1.165, 1.54) is 6.42 Å². The summed E-state index contributed by atoms with van der Waals surface area (Å²) in [4.78, 5) is 13.4. The maximum atomic E-state index is 11.4. The van der Waals surface area contributed by atoms with Crippen molar-refractivity contribution in [2.45, 2.75) is 12.5 Å². The van der Waals surface area contributed by atoms with Crippen LogP contribution in [0.1, 0.15) is 6.42 Å². The van der Waals surface area contributed by atoms with Crippen LogP contribution in [0, 0.1) is 0 Å². The molecule has 0 aromatic carbocycles. The van der Waals surface area contributed by atoms with Crippen molar-refractivity contribution in [3.8, 4) is 0 Å². The first kappa shape index (κ1) is 9.21. The van der Waals surface area contributed by atoms with Gasteiger partial charge in [-0.05, 0) is 6.42 Å². The molecule has 1 fully saturated rings. The number of alkyl halides is 1. The van der Waals surface area contributed by atoms with Gasteiger partial charge in [-0.1, -0.05) is 11.6 Å². The molecule has 3 nitrogen and oxygen atoms in total. The molecule has 5 heteroatoms. The van der Waals surface area contributed by atoms with Gasteiger partial charge in [-0.15, -0.1) is 11.8 Å². The monoisotopic (exact) mass is 219 g/mol. The van der Waals surface area contributed by atoms with Gasteiger partial charge in [-0.2, -0.15) is 0 Å². The van der Waals surface area contributed by atoms with Gasteiger partial charge in [0.2, 0.25) is 0 Å². The number of hydrogen-bond acceptors (Lipinski definition) is 4. The second-order valence-corrected chi connectivity index (χ2v) is 4.13. The number of hydrogen-bond donors (Lipinski definition) is 0. The molecule has 0 aromatic rings. The first-order valence-corrected chi connectivity index (χ1v) is 5.73. The molecule has 72 valence electrons. The van der Waals surface area contributed by atoms with Gasteiger partial charge in [0, 0.05) is 23.7 Å². The fourth-order valence-electron chi connectivity index (χ4n) is 1.53. The van der Waals surface area contributed by atoms with Crippen LogP contribution in [-0.2, 0) is 9.53 Å². The normalized spacial score (nSPS) is 25.8. The molecule has 0 bridgehead atoms. The van der Waals surface area contributed by atoms with Crippen molar-refractivity contribution in [3.05, 3.63) is 11.1 Å². The van der Waals surface area contributed by atoms with E-state index in [-0.39, 0.29) is 12.0 Å². The molecule has 0 aliphatic carbocycles. The Morgan fingerprint density at radius 3 is 3.31 bits per heavy atom. The van der Waals surface area contributed by atoms with Crippen molar-refractivity contribution in [2.24, 2.45) is 0 Å². The average Bonchev–Trinajstić information content (AvgIpc) is 2.07. The predicted octanol–water partition coefficient (Wildman–Crippen LogP) is 1.39. The largest absolute Gasteiger partial charge is 0.445 e. The number of carbonyl (C=O) groups excluding carboxylic acids is 1. The van der Waals surface area contributed by atoms with Crippen LogP contribution in [0.3, 0.4) is 0 Å². The number of esters is 1. The highest BCUT2D eigenvalue weighted by atomic mass is 35.5. The highest BCUT2D eigenvalue weighted by molar-refractivity contribution is 8.02. The van der Waals surface area contributed by atoms with E-state index in [2.05, 4.69) is 4.90 Å². The lowest BCUT2D eigenvalue weighted by molar-refractivity contribution is -0.140. The molecule has 0 radical (unpaired) electrons. The summed E-state index contributed by atoms with van der Waals surface area (Å²) < 4.78 is 4.74. The average molecular weight is 220 g/mol. The lowest BCUT2D eigenvalue weighted by atomic mass is 10.0. The van der Waals surface area contributed by atoms with Gasteiger partial charge < -0.3 is 9.64 Å². The van der Waals surface area contributed by atoms with E-state index in [1.54, 1.807) is 11.8 Å². The molecule has 2 aliphatic rings. The molecule has 0 aromatic heterocycles. The molecule has 0 amide bonds. The van der Waals surface area contributed by atoms with Crippen molar-refractivity contribution in [1.29, 1.82) is 0 Å². The topological polar surface area (TPSA) is 29.5 Å². The Morgan fingerprint density at radius 1 is 1.85 bits per heavy atom. The molecule has 2 rings (SSSR count). The van der Waals surface area contributed by atoms with Crippen LogP contribution in [-0.4, -0.2) is 35.3 Å². The summed E-state index contributed by atoms with van der Waals surface area (Å²) in [5, 5.41) is 1.87. The lowest BCUT2D eigenvalue weighted by Gasteiger charge is -2.45. The standard InChI is InChI=1S/C8H10ClNO2S/c9-5-12-8(11)7-4-13-3-6-1-2-10(6)7/h4,6H,1-3,5H2. The third kappa shape index (κ3) is 1.65. The van der Waals surface area contributed by atoms with Crippen molar-refractivity contribution < 1.29 is 9.53 Å². The van der Waals surface area contributed by atoms with Gasteiger partial charge in [0.1, 0.15) is 5.70 Å². The van der Waals surface area contributed by atoms with Gasteiger partial charge in [0.05, 0.1) is 0 Å². The molecule has 2 heterocycles. The molecule has 0 spiro atoms. The quantitative estimate of drug-likeness (QED) is 0.519. The van der Waals surface area contributed by atoms with Gasteiger partial charge in [-0.3, -0.25) is 0 Å². The number of fused-ring (bicyclic) bond motifs is 1. The molecule has 2 aliphatic heterocycles. The van der Waals surface area contributed by atoms with E-state index in [0.717, 1.165) is 12.3 Å². The van der Waals surface area contributed by atoms with E-state index in [9.17, 15) is 4.79 Å². The molecule has 1 saturated heterocycles. The SMILES string of the molecule is O=C(OCCl)C1=CSCC2CCN12. The van der Waals surface area contributed by atoms with Crippen LogP contribution in [0.15, 0.2) is 11.1 Å². The van der Waals surface area contributed by atoms with Crippen LogP contribution in [0.25, 0.3) is 0 Å². The van der Waals surface area contributed by atoms with E-state index in [0.29, 0.717) is 11.7 Å². The number of halogens is 1. The summed E-state index contributed by atoms with van der Waals surface area (Å²) in [6.07, 6.45) is 1.18. The Balaban J connectivity index is 2.04. The number of ether oxygens (including phenoxy) is 1.